The lowest BCUT2D eigenvalue weighted by Crippen LogP contribution is -2.52. The van der Waals surface area contributed by atoms with Crippen LogP contribution in [-0.4, -0.2) is 38.7 Å². The van der Waals surface area contributed by atoms with Crippen molar-refractivity contribution in [3.8, 4) is 11.3 Å². The second kappa shape index (κ2) is 7.74. The van der Waals surface area contributed by atoms with Crippen molar-refractivity contribution in [3.05, 3.63) is 82.4 Å². The zero-order valence-corrected chi connectivity index (χ0v) is 15.7. The first-order valence-electron chi connectivity index (χ1n) is 9.27. The van der Waals surface area contributed by atoms with Gasteiger partial charge in [0.05, 0.1) is 23.4 Å². The molecule has 1 aliphatic heterocycles. The second-order valence-corrected chi connectivity index (χ2v) is 7.10. The molecule has 1 aromatic carbocycles. The number of halogens is 3. The lowest BCUT2D eigenvalue weighted by molar-refractivity contribution is -0.138. The SMILES string of the molecule is O=C(c1ccccc1C(F)(F)F)N1CC(Cn2nc(-c3cccnc3)ccc2=O)C1. The molecular formula is C21H17F3N4O2. The number of hydrogen-bond donors (Lipinski definition) is 0. The molecule has 154 valence electrons. The Morgan fingerprint density at radius 3 is 2.53 bits per heavy atom. The van der Waals surface area contributed by atoms with Gasteiger partial charge in [0.25, 0.3) is 11.5 Å². The second-order valence-electron chi connectivity index (χ2n) is 7.10. The Hall–Kier alpha value is -3.49. The molecule has 6 nitrogen and oxygen atoms in total. The van der Waals surface area contributed by atoms with Gasteiger partial charge in [0, 0.05) is 43.0 Å². The van der Waals surface area contributed by atoms with Crippen LogP contribution in [0.25, 0.3) is 11.3 Å². The predicted octanol–water partition coefficient (Wildman–Crippen LogP) is 3.10. The summed E-state index contributed by atoms with van der Waals surface area (Å²) < 4.78 is 40.8. The number of carbonyl (C=O) groups excluding carboxylic acids is 1. The minimum absolute atomic E-state index is 0.0682. The molecule has 0 N–H and O–H groups in total. The monoisotopic (exact) mass is 414 g/mol. The number of likely N-dealkylation sites (tertiary alicyclic amines) is 1. The molecule has 1 saturated heterocycles. The third-order valence-electron chi connectivity index (χ3n) is 4.96. The van der Waals surface area contributed by atoms with Gasteiger partial charge in [-0.2, -0.15) is 18.3 Å². The maximum absolute atomic E-state index is 13.2. The van der Waals surface area contributed by atoms with Gasteiger partial charge in [-0.3, -0.25) is 14.6 Å². The number of amides is 1. The molecule has 0 bridgehead atoms. The molecule has 0 atom stereocenters. The lowest BCUT2D eigenvalue weighted by Gasteiger charge is -2.39. The number of aromatic nitrogens is 3. The summed E-state index contributed by atoms with van der Waals surface area (Å²) in [5.41, 5.74) is -0.234. The van der Waals surface area contributed by atoms with Crippen LogP contribution in [0, 0.1) is 5.92 Å². The summed E-state index contributed by atoms with van der Waals surface area (Å²) in [4.78, 5) is 30.1. The van der Waals surface area contributed by atoms with Crippen LogP contribution in [0.4, 0.5) is 13.2 Å². The molecule has 2 aromatic heterocycles. The van der Waals surface area contributed by atoms with Crippen molar-refractivity contribution in [1.29, 1.82) is 0 Å². The van der Waals surface area contributed by atoms with E-state index in [1.165, 1.54) is 33.8 Å². The fraction of sp³-hybridized carbons (Fsp3) is 0.238. The fourth-order valence-corrected chi connectivity index (χ4v) is 3.43. The first kappa shape index (κ1) is 19.8. The quantitative estimate of drug-likeness (QED) is 0.658. The van der Waals surface area contributed by atoms with Crippen LogP contribution in [0.15, 0.2) is 65.7 Å². The number of pyridine rings is 1. The highest BCUT2D eigenvalue weighted by molar-refractivity contribution is 5.96. The first-order valence-corrected chi connectivity index (χ1v) is 9.27. The van der Waals surface area contributed by atoms with Crippen LogP contribution in [0.5, 0.6) is 0 Å². The highest BCUT2D eigenvalue weighted by atomic mass is 19.4. The zero-order chi connectivity index (χ0) is 21.3. The first-order chi connectivity index (χ1) is 14.3. The number of nitrogens with zero attached hydrogens (tertiary/aromatic N) is 4. The zero-order valence-electron chi connectivity index (χ0n) is 15.7. The highest BCUT2D eigenvalue weighted by Gasteiger charge is 2.38. The van der Waals surface area contributed by atoms with Gasteiger partial charge in [-0.15, -0.1) is 0 Å². The van der Waals surface area contributed by atoms with E-state index in [0.717, 1.165) is 11.6 Å². The maximum atomic E-state index is 13.2. The van der Waals surface area contributed by atoms with Crippen LogP contribution in [-0.2, 0) is 12.7 Å². The van der Waals surface area contributed by atoms with E-state index in [1.54, 1.807) is 24.5 Å². The average molecular weight is 414 g/mol. The molecule has 0 spiro atoms. The molecule has 1 fully saturated rings. The summed E-state index contributed by atoms with van der Waals surface area (Å²) in [7, 11) is 0. The Labute approximate surface area is 169 Å². The summed E-state index contributed by atoms with van der Waals surface area (Å²) in [6, 6.07) is 11.4. The minimum atomic E-state index is -4.60. The summed E-state index contributed by atoms with van der Waals surface area (Å²) >= 11 is 0. The maximum Gasteiger partial charge on any atom is 0.417 e. The van der Waals surface area contributed by atoms with Crippen molar-refractivity contribution in [1.82, 2.24) is 19.7 Å². The molecule has 4 rings (SSSR count). The van der Waals surface area contributed by atoms with Crippen LogP contribution in [0.1, 0.15) is 15.9 Å². The van der Waals surface area contributed by atoms with Crippen molar-refractivity contribution >= 4 is 5.91 Å². The van der Waals surface area contributed by atoms with Gasteiger partial charge in [0.15, 0.2) is 0 Å². The van der Waals surface area contributed by atoms with Crippen molar-refractivity contribution < 1.29 is 18.0 Å². The Bertz CT molecular complexity index is 1120. The predicted molar refractivity (Wildman–Crippen MR) is 103 cm³/mol. The number of hydrogen-bond acceptors (Lipinski definition) is 4. The van der Waals surface area contributed by atoms with E-state index in [9.17, 15) is 22.8 Å². The van der Waals surface area contributed by atoms with Crippen LogP contribution in [0.3, 0.4) is 0 Å². The standard InChI is InChI=1S/C21H17F3N4O2/c22-21(23,24)17-6-2-1-5-16(17)20(30)27-11-14(12-27)13-28-19(29)8-7-18(26-28)15-4-3-9-25-10-15/h1-10,14H,11-13H2. The van der Waals surface area contributed by atoms with Crippen LogP contribution in [0.2, 0.25) is 0 Å². The molecule has 3 heterocycles. The third-order valence-corrected chi connectivity index (χ3v) is 4.96. The van der Waals surface area contributed by atoms with Crippen LogP contribution >= 0.6 is 0 Å². The van der Waals surface area contributed by atoms with Crippen molar-refractivity contribution in [2.45, 2.75) is 12.7 Å². The van der Waals surface area contributed by atoms with Gasteiger partial charge in [-0.25, -0.2) is 4.68 Å². The minimum Gasteiger partial charge on any atom is -0.338 e. The van der Waals surface area contributed by atoms with E-state index in [4.69, 9.17) is 0 Å². The third kappa shape index (κ3) is 3.96. The fourth-order valence-electron chi connectivity index (χ4n) is 3.43. The van der Waals surface area contributed by atoms with Gasteiger partial charge in [0.2, 0.25) is 0 Å². The molecule has 1 aliphatic rings. The molecular weight excluding hydrogens is 397 g/mol. The van der Waals surface area contributed by atoms with Crippen molar-refractivity contribution in [3.63, 3.8) is 0 Å². The molecule has 9 heteroatoms. The van der Waals surface area contributed by atoms with Gasteiger partial charge in [-0.05, 0) is 30.3 Å². The Balaban J connectivity index is 1.45. The smallest absolute Gasteiger partial charge is 0.338 e. The summed E-state index contributed by atoms with van der Waals surface area (Å²) in [6.07, 6.45) is -1.32. The van der Waals surface area contributed by atoms with Gasteiger partial charge in [-0.1, -0.05) is 12.1 Å². The number of alkyl halides is 3. The van der Waals surface area contributed by atoms with E-state index in [2.05, 4.69) is 10.1 Å². The van der Waals surface area contributed by atoms with Gasteiger partial charge in [0.1, 0.15) is 0 Å². The molecule has 0 radical (unpaired) electrons. The largest absolute Gasteiger partial charge is 0.417 e. The summed E-state index contributed by atoms with van der Waals surface area (Å²) in [5.74, 6) is -0.732. The summed E-state index contributed by atoms with van der Waals surface area (Å²) in [5, 5.41) is 4.35. The molecule has 0 saturated carbocycles. The van der Waals surface area contributed by atoms with Gasteiger partial charge >= 0.3 is 6.18 Å². The Morgan fingerprint density at radius 2 is 1.83 bits per heavy atom. The molecule has 3 aromatic rings. The van der Waals surface area contributed by atoms with E-state index in [1.807, 2.05) is 6.07 Å². The average Bonchev–Trinajstić information content (AvgIpc) is 2.71. The van der Waals surface area contributed by atoms with Crippen molar-refractivity contribution in [2.75, 3.05) is 13.1 Å². The molecule has 30 heavy (non-hydrogen) atoms. The molecule has 0 unspecified atom stereocenters. The highest BCUT2D eigenvalue weighted by Crippen LogP contribution is 2.33. The Morgan fingerprint density at radius 1 is 1.07 bits per heavy atom. The normalized spacial score (nSPS) is 14.4. The van der Waals surface area contributed by atoms with Crippen LogP contribution < -0.4 is 5.56 Å². The van der Waals surface area contributed by atoms with E-state index >= 15 is 0 Å². The Kier molecular flexibility index (Phi) is 5.11. The molecule has 0 aliphatic carbocycles. The van der Waals surface area contributed by atoms with Crippen molar-refractivity contribution in [2.24, 2.45) is 5.92 Å². The summed E-state index contributed by atoms with van der Waals surface area (Å²) in [6.45, 7) is 0.796. The number of benzene rings is 1. The number of rotatable bonds is 4. The molecule has 1 amide bonds. The number of carbonyl (C=O) groups is 1. The van der Waals surface area contributed by atoms with E-state index < -0.39 is 17.6 Å². The topological polar surface area (TPSA) is 68.1 Å². The lowest BCUT2D eigenvalue weighted by atomic mass is 9.97. The van der Waals surface area contributed by atoms with E-state index in [0.29, 0.717) is 5.69 Å². The van der Waals surface area contributed by atoms with Gasteiger partial charge < -0.3 is 4.90 Å². The van der Waals surface area contributed by atoms with E-state index in [-0.39, 0.29) is 36.7 Å².